The van der Waals surface area contributed by atoms with Gasteiger partial charge in [0.05, 0.1) is 17.3 Å². The summed E-state index contributed by atoms with van der Waals surface area (Å²) in [5.41, 5.74) is 7.88. The van der Waals surface area contributed by atoms with Crippen LogP contribution in [0, 0.1) is 0 Å². The molecule has 1 heterocycles. The van der Waals surface area contributed by atoms with Gasteiger partial charge in [0.2, 0.25) is 0 Å². The summed E-state index contributed by atoms with van der Waals surface area (Å²) in [6.45, 7) is 0.303. The van der Waals surface area contributed by atoms with Crippen molar-refractivity contribution in [3.8, 4) is 0 Å². The van der Waals surface area contributed by atoms with E-state index in [1.807, 2.05) is 5.38 Å². The van der Waals surface area contributed by atoms with Gasteiger partial charge in [-0.25, -0.2) is 4.98 Å². The molecule has 56 valence electrons. The molecule has 4 heteroatoms. The molecular weight excluding hydrogens is 148 g/mol. The summed E-state index contributed by atoms with van der Waals surface area (Å²) in [4.78, 5) is 4.01. The van der Waals surface area contributed by atoms with Gasteiger partial charge in [0.1, 0.15) is 0 Å². The summed E-state index contributed by atoms with van der Waals surface area (Å²) in [5.74, 6) is 0. The summed E-state index contributed by atoms with van der Waals surface area (Å²) >= 11 is 1.53. The van der Waals surface area contributed by atoms with Gasteiger partial charge in [0.25, 0.3) is 0 Å². The van der Waals surface area contributed by atoms with Gasteiger partial charge < -0.3 is 10.8 Å². The minimum absolute atomic E-state index is 0.303. The van der Waals surface area contributed by atoms with E-state index in [4.69, 9.17) is 10.8 Å². The molecule has 1 unspecified atom stereocenters. The highest BCUT2D eigenvalue weighted by Crippen LogP contribution is 2.03. The van der Waals surface area contributed by atoms with E-state index in [1.165, 1.54) is 11.3 Å². The molecule has 3 N–H and O–H groups in total. The van der Waals surface area contributed by atoms with E-state index >= 15 is 0 Å². The molecule has 0 aliphatic heterocycles. The van der Waals surface area contributed by atoms with Gasteiger partial charge in [-0.15, -0.1) is 11.3 Å². The number of aliphatic hydroxyl groups excluding tert-OH is 1. The lowest BCUT2D eigenvalue weighted by Crippen LogP contribution is -2.21. The molecule has 0 aromatic carbocycles. The Hall–Kier alpha value is -0.450. The summed E-state index contributed by atoms with van der Waals surface area (Å²) in [7, 11) is 0. The predicted molar refractivity (Wildman–Crippen MR) is 40.9 cm³/mol. The molecule has 0 amide bonds. The fourth-order valence-corrected chi connectivity index (χ4v) is 1.23. The highest BCUT2D eigenvalue weighted by molar-refractivity contribution is 7.07. The molecule has 1 atom stereocenters. The highest BCUT2D eigenvalue weighted by atomic mass is 32.1. The third-order valence-electron chi connectivity index (χ3n) is 1.20. The SMILES string of the molecule is NCC(O)Cc1cscn1. The predicted octanol–water partition coefficient (Wildman–Crippen LogP) is 0.00520. The third-order valence-corrected chi connectivity index (χ3v) is 1.84. The second-order valence-corrected chi connectivity index (χ2v) is 2.79. The number of nitrogens with two attached hydrogens (primary N) is 1. The maximum atomic E-state index is 9.07. The minimum atomic E-state index is -0.443. The second-order valence-electron chi connectivity index (χ2n) is 2.07. The Labute approximate surface area is 63.5 Å². The normalized spacial score (nSPS) is 13.4. The van der Waals surface area contributed by atoms with Crippen molar-refractivity contribution in [3.05, 3.63) is 16.6 Å². The average Bonchev–Trinajstić information content (AvgIpc) is 2.40. The van der Waals surface area contributed by atoms with E-state index in [9.17, 15) is 0 Å². The average molecular weight is 158 g/mol. The maximum Gasteiger partial charge on any atom is 0.0794 e. The van der Waals surface area contributed by atoms with Gasteiger partial charge in [-0.3, -0.25) is 0 Å². The van der Waals surface area contributed by atoms with Crippen LogP contribution < -0.4 is 5.73 Å². The molecule has 0 radical (unpaired) electrons. The molecule has 1 aromatic rings. The number of rotatable bonds is 3. The first-order valence-corrected chi connectivity index (χ1v) is 4.02. The Bertz CT molecular complexity index is 176. The fourth-order valence-electron chi connectivity index (χ4n) is 0.663. The van der Waals surface area contributed by atoms with E-state index in [0.717, 1.165) is 5.69 Å². The molecule has 1 aromatic heterocycles. The van der Waals surface area contributed by atoms with E-state index in [-0.39, 0.29) is 0 Å². The summed E-state index contributed by atoms with van der Waals surface area (Å²) < 4.78 is 0. The molecule has 0 aliphatic rings. The maximum absolute atomic E-state index is 9.07. The molecule has 1 rings (SSSR count). The molecule has 0 spiro atoms. The monoisotopic (exact) mass is 158 g/mol. The quantitative estimate of drug-likeness (QED) is 0.651. The van der Waals surface area contributed by atoms with Gasteiger partial charge in [-0.2, -0.15) is 0 Å². The topological polar surface area (TPSA) is 59.1 Å². The van der Waals surface area contributed by atoms with Crippen LogP contribution in [-0.4, -0.2) is 22.7 Å². The Morgan fingerprint density at radius 2 is 2.60 bits per heavy atom. The van der Waals surface area contributed by atoms with Crippen molar-refractivity contribution in [2.75, 3.05) is 6.54 Å². The smallest absolute Gasteiger partial charge is 0.0794 e. The first-order valence-electron chi connectivity index (χ1n) is 3.08. The van der Waals surface area contributed by atoms with E-state index < -0.39 is 6.10 Å². The Morgan fingerprint density at radius 1 is 1.80 bits per heavy atom. The number of thiazole rings is 1. The van der Waals surface area contributed by atoms with Crippen LogP contribution in [-0.2, 0) is 6.42 Å². The lowest BCUT2D eigenvalue weighted by molar-refractivity contribution is 0.182. The van der Waals surface area contributed by atoms with Gasteiger partial charge in [0.15, 0.2) is 0 Å². The van der Waals surface area contributed by atoms with E-state index in [1.54, 1.807) is 5.51 Å². The van der Waals surface area contributed by atoms with Crippen LogP contribution in [0.2, 0.25) is 0 Å². The Balaban J connectivity index is 2.40. The van der Waals surface area contributed by atoms with Crippen molar-refractivity contribution in [3.63, 3.8) is 0 Å². The number of hydrogen-bond donors (Lipinski definition) is 2. The number of hydrogen-bond acceptors (Lipinski definition) is 4. The van der Waals surface area contributed by atoms with Crippen LogP contribution in [0.25, 0.3) is 0 Å². The molecule has 0 fully saturated rings. The zero-order valence-corrected chi connectivity index (χ0v) is 6.34. The lowest BCUT2D eigenvalue weighted by atomic mass is 10.2. The summed E-state index contributed by atoms with van der Waals surface area (Å²) in [6.07, 6.45) is 0.127. The van der Waals surface area contributed by atoms with E-state index in [0.29, 0.717) is 13.0 Å². The largest absolute Gasteiger partial charge is 0.391 e. The van der Waals surface area contributed by atoms with Gasteiger partial charge in [0, 0.05) is 18.3 Å². The Morgan fingerprint density at radius 3 is 3.10 bits per heavy atom. The van der Waals surface area contributed by atoms with Crippen molar-refractivity contribution >= 4 is 11.3 Å². The van der Waals surface area contributed by atoms with Crippen molar-refractivity contribution in [2.24, 2.45) is 5.73 Å². The van der Waals surface area contributed by atoms with Crippen molar-refractivity contribution in [1.29, 1.82) is 0 Å². The molecular formula is C6H10N2OS. The second kappa shape index (κ2) is 3.65. The van der Waals surface area contributed by atoms with Crippen molar-refractivity contribution in [2.45, 2.75) is 12.5 Å². The van der Waals surface area contributed by atoms with E-state index in [2.05, 4.69) is 4.98 Å². The number of aromatic nitrogens is 1. The summed E-state index contributed by atoms with van der Waals surface area (Å²) in [5, 5.41) is 11.0. The number of aliphatic hydroxyl groups is 1. The third kappa shape index (κ3) is 2.06. The van der Waals surface area contributed by atoms with Crippen molar-refractivity contribution in [1.82, 2.24) is 4.98 Å². The molecule has 0 saturated heterocycles. The highest BCUT2D eigenvalue weighted by Gasteiger charge is 2.02. The zero-order valence-electron chi connectivity index (χ0n) is 5.53. The van der Waals surface area contributed by atoms with Crippen LogP contribution in [0.4, 0.5) is 0 Å². The van der Waals surface area contributed by atoms with Crippen LogP contribution in [0.1, 0.15) is 5.69 Å². The first-order chi connectivity index (χ1) is 4.83. The van der Waals surface area contributed by atoms with Crippen LogP contribution in [0.15, 0.2) is 10.9 Å². The van der Waals surface area contributed by atoms with Gasteiger partial charge in [-0.1, -0.05) is 0 Å². The van der Waals surface area contributed by atoms with Crippen LogP contribution >= 0.6 is 11.3 Å². The first kappa shape index (κ1) is 7.65. The fraction of sp³-hybridized carbons (Fsp3) is 0.500. The minimum Gasteiger partial charge on any atom is -0.391 e. The molecule has 0 bridgehead atoms. The summed E-state index contributed by atoms with van der Waals surface area (Å²) in [6, 6.07) is 0. The zero-order chi connectivity index (χ0) is 7.40. The molecule has 10 heavy (non-hydrogen) atoms. The molecule has 0 saturated carbocycles. The molecule has 3 nitrogen and oxygen atoms in total. The Kier molecular flexibility index (Phi) is 2.80. The lowest BCUT2D eigenvalue weighted by Gasteiger charge is -2.02. The van der Waals surface area contributed by atoms with Crippen LogP contribution in [0.3, 0.4) is 0 Å². The standard InChI is InChI=1S/C6H10N2OS/c7-2-6(9)1-5-3-10-4-8-5/h3-4,6,9H,1-2,7H2. The van der Waals surface area contributed by atoms with Gasteiger partial charge in [-0.05, 0) is 0 Å². The van der Waals surface area contributed by atoms with Crippen LogP contribution in [0.5, 0.6) is 0 Å². The number of nitrogens with zero attached hydrogens (tertiary/aromatic N) is 1. The molecule has 0 aliphatic carbocycles. The van der Waals surface area contributed by atoms with Gasteiger partial charge >= 0.3 is 0 Å². The van der Waals surface area contributed by atoms with Crippen molar-refractivity contribution < 1.29 is 5.11 Å².